The highest BCUT2D eigenvalue weighted by Crippen LogP contribution is 2.37. The normalized spacial score (nSPS) is 12.7. The van der Waals surface area contributed by atoms with E-state index in [4.69, 9.17) is 18.6 Å². The Bertz CT molecular complexity index is 1420. The van der Waals surface area contributed by atoms with Gasteiger partial charge in [0.15, 0.2) is 6.73 Å². The molecule has 2 heterocycles. The SMILES string of the molecule is CCCOC(=O)c1ccc(N2COc3ccc4c(-c5ccc(OC)cc5)cc(=O)oc4c3C2)cc1. The topological polar surface area (TPSA) is 78.2 Å². The minimum atomic E-state index is -0.427. The standard InChI is InChI=1S/C28H25NO6/c1-3-14-33-28(31)19-4-8-20(9-5-19)29-16-24-25(34-17-29)13-12-22-23(15-26(30)35-27(22)24)18-6-10-21(32-2)11-7-18/h4-13,15H,3,14,16-17H2,1-2H3. The molecule has 0 atom stereocenters. The maximum atomic E-state index is 12.5. The number of esters is 1. The first-order valence-electron chi connectivity index (χ1n) is 11.5. The Hall–Kier alpha value is -4.26. The van der Waals surface area contributed by atoms with Crippen LogP contribution < -0.4 is 20.0 Å². The van der Waals surface area contributed by atoms with Gasteiger partial charge < -0.3 is 23.5 Å². The molecule has 0 aliphatic carbocycles. The van der Waals surface area contributed by atoms with Gasteiger partial charge in [0, 0.05) is 17.1 Å². The van der Waals surface area contributed by atoms with Gasteiger partial charge in [-0.1, -0.05) is 19.1 Å². The summed E-state index contributed by atoms with van der Waals surface area (Å²) in [6.07, 6.45) is 0.776. The third-order valence-electron chi connectivity index (χ3n) is 6.00. The summed E-state index contributed by atoms with van der Waals surface area (Å²) in [6.45, 7) is 3.17. The molecule has 4 aromatic rings. The van der Waals surface area contributed by atoms with Crippen LogP contribution in [0.2, 0.25) is 0 Å². The average molecular weight is 472 g/mol. The van der Waals surface area contributed by atoms with Gasteiger partial charge >= 0.3 is 11.6 Å². The molecule has 0 bridgehead atoms. The molecule has 0 unspecified atom stereocenters. The van der Waals surface area contributed by atoms with E-state index < -0.39 is 5.63 Å². The molecular weight excluding hydrogens is 446 g/mol. The summed E-state index contributed by atoms with van der Waals surface area (Å²) < 4.78 is 22.1. The fourth-order valence-electron chi connectivity index (χ4n) is 4.19. The summed E-state index contributed by atoms with van der Waals surface area (Å²) in [5, 5.41) is 0.827. The third-order valence-corrected chi connectivity index (χ3v) is 6.00. The van der Waals surface area contributed by atoms with Gasteiger partial charge in [0.1, 0.15) is 17.1 Å². The van der Waals surface area contributed by atoms with E-state index in [1.807, 2.05) is 60.4 Å². The summed E-state index contributed by atoms with van der Waals surface area (Å²) in [5.41, 5.74) is 3.94. The van der Waals surface area contributed by atoms with Gasteiger partial charge in [-0.15, -0.1) is 0 Å². The molecule has 35 heavy (non-hydrogen) atoms. The van der Waals surface area contributed by atoms with Crippen molar-refractivity contribution < 1.29 is 23.4 Å². The monoisotopic (exact) mass is 471 g/mol. The van der Waals surface area contributed by atoms with Crippen LogP contribution in [0.3, 0.4) is 0 Å². The molecule has 0 fully saturated rings. The van der Waals surface area contributed by atoms with Crippen LogP contribution in [0.25, 0.3) is 22.1 Å². The number of ether oxygens (including phenoxy) is 3. The van der Waals surface area contributed by atoms with Crippen molar-refractivity contribution in [2.45, 2.75) is 19.9 Å². The maximum absolute atomic E-state index is 12.5. The lowest BCUT2D eigenvalue weighted by Crippen LogP contribution is -2.32. The van der Waals surface area contributed by atoms with E-state index in [0.717, 1.165) is 39.9 Å². The first-order valence-corrected chi connectivity index (χ1v) is 11.5. The number of rotatable bonds is 6. The van der Waals surface area contributed by atoms with Gasteiger partial charge in [-0.3, -0.25) is 0 Å². The highest BCUT2D eigenvalue weighted by atomic mass is 16.5. The molecule has 0 saturated heterocycles. The third kappa shape index (κ3) is 4.45. The Kier molecular flexibility index (Phi) is 6.14. The Morgan fingerprint density at radius 3 is 2.51 bits per heavy atom. The molecule has 0 spiro atoms. The van der Waals surface area contributed by atoms with E-state index in [9.17, 15) is 9.59 Å². The van der Waals surface area contributed by atoms with Crippen molar-refractivity contribution in [2.24, 2.45) is 0 Å². The van der Waals surface area contributed by atoms with Crippen LogP contribution in [0.15, 0.2) is 75.9 Å². The predicted octanol–water partition coefficient (Wildman–Crippen LogP) is 5.39. The second-order valence-electron chi connectivity index (χ2n) is 8.28. The molecule has 0 radical (unpaired) electrons. The molecule has 7 heteroatoms. The van der Waals surface area contributed by atoms with Crippen molar-refractivity contribution in [1.82, 2.24) is 0 Å². The lowest BCUT2D eigenvalue weighted by Gasteiger charge is -2.31. The Labute approximate surface area is 202 Å². The van der Waals surface area contributed by atoms with Crippen LogP contribution in [0, 0.1) is 0 Å². The molecule has 0 amide bonds. The van der Waals surface area contributed by atoms with E-state index in [0.29, 0.717) is 36.8 Å². The summed E-state index contributed by atoms with van der Waals surface area (Å²) in [6, 6.07) is 20.1. The van der Waals surface area contributed by atoms with Gasteiger partial charge in [-0.25, -0.2) is 9.59 Å². The van der Waals surface area contributed by atoms with Gasteiger partial charge in [-0.2, -0.15) is 0 Å². The van der Waals surface area contributed by atoms with Gasteiger partial charge in [0.25, 0.3) is 0 Å². The quantitative estimate of drug-likeness (QED) is 0.275. The van der Waals surface area contributed by atoms with Crippen molar-refractivity contribution in [1.29, 1.82) is 0 Å². The van der Waals surface area contributed by atoms with Crippen LogP contribution in [-0.4, -0.2) is 26.4 Å². The van der Waals surface area contributed by atoms with Crippen LogP contribution in [0.5, 0.6) is 11.5 Å². The zero-order valence-electron chi connectivity index (χ0n) is 19.6. The first kappa shape index (κ1) is 22.5. The van der Waals surface area contributed by atoms with Crippen molar-refractivity contribution in [3.63, 3.8) is 0 Å². The van der Waals surface area contributed by atoms with Crippen molar-refractivity contribution in [2.75, 3.05) is 25.3 Å². The van der Waals surface area contributed by atoms with Gasteiger partial charge in [0.05, 0.1) is 31.4 Å². The number of carbonyl (C=O) groups is 1. The van der Waals surface area contributed by atoms with Crippen molar-refractivity contribution >= 4 is 22.6 Å². The number of anilines is 1. The van der Waals surface area contributed by atoms with Crippen LogP contribution in [0.4, 0.5) is 5.69 Å². The summed E-state index contributed by atoms with van der Waals surface area (Å²) in [4.78, 5) is 26.6. The average Bonchev–Trinajstić information content (AvgIpc) is 2.91. The Balaban J connectivity index is 1.48. The molecule has 178 valence electrons. The van der Waals surface area contributed by atoms with E-state index >= 15 is 0 Å². The van der Waals surface area contributed by atoms with Crippen molar-refractivity contribution in [3.8, 4) is 22.6 Å². The minimum absolute atomic E-state index is 0.334. The zero-order chi connectivity index (χ0) is 24.4. The number of carbonyl (C=O) groups excluding carboxylic acids is 1. The molecule has 1 aliphatic heterocycles. The van der Waals surface area contributed by atoms with Gasteiger partial charge in [-0.05, 0) is 66.1 Å². The number of fused-ring (bicyclic) bond motifs is 3. The van der Waals surface area contributed by atoms with Crippen LogP contribution in [0.1, 0.15) is 29.3 Å². The second-order valence-corrected chi connectivity index (χ2v) is 8.28. The smallest absolute Gasteiger partial charge is 0.338 e. The highest BCUT2D eigenvalue weighted by molar-refractivity contribution is 5.96. The van der Waals surface area contributed by atoms with E-state index in [1.54, 1.807) is 19.2 Å². The fourth-order valence-corrected chi connectivity index (χ4v) is 4.19. The number of hydrogen-bond donors (Lipinski definition) is 0. The Morgan fingerprint density at radius 2 is 1.80 bits per heavy atom. The maximum Gasteiger partial charge on any atom is 0.338 e. The number of methoxy groups -OCH3 is 1. The predicted molar refractivity (Wildman–Crippen MR) is 133 cm³/mol. The molecule has 0 N–H and O–H groups in total. The number of benzene rings is 3. The van der Waals surface area contributed by atoms with Crippen LogP contribution >= 0.6 is 0 Å². The van der Waals surface area contributed by atoms with Gasteiger partial charge in [0.2, 0.25) is 0 Å². The summed E-state index contributed by atoms with van der Waals surface area (Å²) >= 11 is 0. The lowest BCUT2D eigenvalue weighted by molar-refractivity contribution is 0.0505. The lowest BCUT2D eigenvalue weighted by atomic mass is 9.99. The first-order chi connectivity index (χ1) is 17.1. The fraction of sp³-hybridized carbons (Fsp3) is 0.214. The zero-order valence-corrected chi connectivity index (χ0v) is 19.6. The van der Waals surface area contributed by atoms with E-state index in [-0.39, 0.29) is 5.97 Å². The number of hydrogen-bond acceptors (Lipinski definition) is 7. The molecular formula is C28H25NO6. The molecule has 1 aliphatic rings. The minimum Gasteiger partial charge on any atom is -0.497 e. The van der Waals surface area contributed by atoms with E-state index in [1.165, 1.54) is 6.07 Å². The molecule has 0 saturated carbocycles. The molecule has 5 rings (SSSR count). The second kappa shape index (κ2) is 9.54. The molecule has 3 aromatic carbocycles. The number of nitrogens with zero attached hydrogens (tertiary/aromatic N) is 1. The van der Waals surface area contributed by atoms with Crippen molar-refractivity contribution in [3.05, 3.63) is 88.3 Å². The summed E-state index contributed by atoms with van der Waals surface area (Å²) in [5.74, 6) is 1.09. The largest absolute Gasteiger partial charge is 0.497 e. The van der Waals surface area contributed by atoms with Crippen LogP contribution in [-0.2, 0) is 11.3 Å². The molecule has 1 aromatic heterocycles. The molecule has 7 nitrogen and oxygen atoms in total. The Morgan fingerprint density at radius 1 is 1.03 bits per heavy atom. The van der Waals surface area contributed by atoms with E-state index in [2.05, 4.69) is 0 Å². The summed E-state index contributed by atoms with van der Waals surface area (Å²) in [7, 11) is 1.62. The highest BCUT2D eigenvalue weighted by Gasteiger charge is 2.23.